The molecule has 62 heavy (non-hydrogen) atoms. The van der Waals surface area contributed by atoms with Gasteiger partial charge in [-0.15, -0.1) is 0 Å². The van der Waals surface area contributed by atoms with Crippen LogP contribution in [0.2, 0.25) is 0 Å². The van der Waals surface area contributed by atoms with Gasteiger partial charge in [-0.25, -0.2) is 17.9 Å². The Labute approximate surface area is 355 Å². The number of carbonyl (C=O) groups is 2. The number of aliphatic hydroxyl groups is 1. The van der Waals surface area contributed by atoms with Crippen LogP contribution >= 0.6 is 0 Å². The van der Waals surface area contributed by atoms with Crippen molar-refractivity contribution in [1.29, 1.82) is 5.26 Å². The second-order valence-corrected chi connectivity index (χ2v) is 17.4. The third-order valence-electron chi connectivity index (χ3n) is 10.7. The Balaban J connectivity index is 0.887. The molecule has 1 aliphatic heterocycles. The van der Waals surface area contributed by atoms with Crippen LogP contribution in [-0.4, -0.2) is 96.0 Å². The summed E-state index contributed by atoms with van der Waals surface area (Å²) < 4.78 is 81.1. The van der Waals surface area contributed by atoms with E-state index in [0.29, 0.717) is 72.9 Å². The number of nitrogens with one attached hydrogen (secondary N) is 3. The molecule has 0 bridgehead atoms. The predicted octanol–water partition coefficient (Wildman–Crippen LogP) is 6.14. The van der Waals surface area contributed by atoms with E-state index >= 15 is 0 Å². The molecule has 13 nitrogen and oxygen atoms in total. The van der Waals surface area contributed by atoms with Crippen LogP contribution in [-0.2, 0) is 27.2 Å². The summed E-state index contributed by atoms with van der Waals surface area (Å²) in [5.41, 5.74) is -3.12. The molecular weight excluding hydrogens is 831 g/mol. The van der Waals surface area contributed by atoms with Crippen LogP contribution in [0.25, 0.3) is 10.8 Å². The molecule has 4 aromatic carbocycles. The van der Waals surface area contributed by atoms with Gasteiger partial charge in [0.15, 0.2) is 15.4 Å². The number of unbranched alkanes of at least 4 members (excludes halogenated alkanes) is 3. The first-order valence-corrected chi connectivity index (χ1v) is 21.6. The molecule has 4 N–H and O–H groups in total. The molecule has 2 amide bonds. The summed E-state index contributed by atoms with van der Waals surface area (Å²) in [6, 6.07) is 21.2. The Morgan fingerprint density at radius 1 is 0.903 bits per heavy atom. The number of amides is 2. The van der Waals surface area contributed by atoms with Gasteiger partial charge in [-0.05, 0) is 92.5 Å². The van der Waals surface area contributed by atoms with Crippen LogP contribution < -0.4 is 16.2 Å². The van der Waals surface area contributed by atoms with E-state index in [1.165, 1.54) is 24.3 Å². The highest BCUT2D eigenvalue weighted by Crippen LogP contribution is 2.34. The molecule has 1 aliphatic rings. The average Bonchev–Trinajstić information content (AvgIpc) is 3.24. The molecule has 6 rings (SSSR count). The number of rotatable bonds is 16. The van der Waals surface area contributed by atoms with Crippen LogP contribution in [0, 0.1) is 17.1 Å². The van der Waals surface area contributed by atoms with Gasteiger partial charge in [0.25, 0.3) is 17.4 Å². The minimum atomic E-state index is -4.88. The average molecular weight is 876 g/mol. The SMILES string of the molecule is C[C@](O)(CS(=O)(=O)c1ccc(NCCCCCCN2CCN(C(=O)c3cc(Cc4n[nH]c(=O)c5ccccc45)ccc3F)CC2)cc1)C(=O)Nc1ccc(C#N)c(C(F)(F)F)c1. The van der Waals surface area contributed by atoms with Crippen molar-refractivity contribution in [3.8, 4) is 6.07 Å². The Kier molecular flexibility index (Phi) is 14.1. The normalized spacial score (nSPS) is 14.6. The summed E-state index contributed by atoms with van der Waals surface area (Å²) in [4.78, 5) is 42.1. The molecule has 1 aromatic heterocycles. The second-order valence-electron chi connectivity index (χ2n) is 15.4. The highest BCUT2D eigenvalue weighted by molar-refractivity contribution is 7.91. The van der Waals surface area contributed by atoms with E-state index in [2.05, 4.69) is 25.7 Å². The van der Waals surface area contributed by atoms with E-state index in [9.17, 15) is 45.5 Å². The Morgan fingerprint density at radius 3 is 2.27 bits per heavy atom. The summed E-state index contributed by atoms with van der Waals surface area (Å²) in [5, 5.41) is 33.0. The van der Waals surface area contributed by atoms with Crippen molar-refractivity contribution in [2.75, 3.05) is 55.7 Å². The number of hydrogen-bond acceptors (Lipinski definition) is 10. The van der Waals surface area contributed by atoms with Crippen molar-refractivity contribution >= 4 is 43.8 Å². The minimum Gasteiger partial charge on any atom is -0.385 e. The number of aromatic amines is 1. The summed E-state index contributed by atoms with van der Waals surface area (Å²) in [6.45, 7) is 4.72. The van der Waals surface area contributed by atoms with Crippen molar-refractivity contribution < 1.29 is 40.7 Å². The number of fused-ring (bicyclic) bond motifs is 1. The number of sulfone groups is 1. The predicted molar refractivity (Wildman–Crippen MR) is 225 cm³/mol. The van der Waals surface area contributed by atoms with Gasteiger partial charge >= 0.3 is 6.18 Å². The topological polar surface area (TPSA) is 189 Å². The standard InChI is InChI=1S/C44H45F4N7O6S/c1-43(59,42(58)51-32-12-11-30(27-49)37(26-32)44(46,47)48)28-62(60,61)33-15-13-31(14-16-33)50-18-6-2-3-7-19-54-20-22-55(23-21-54)41(57)36-24-29(10-17-38(36)45)25-39-34-8-4-5-9-35(34)40(56)53-52-39/h4-5,8-17,24,26,50,59H,2-3,6-7,18-23,25,28H2,1H3,(H,51,58)(H,53,56)/t43-/m0/s1. The monoisotopic (exact) mass is 875 g/mol. The number of nitrogens with zero attached hydrogens (tertiary/aromatic N) is 4. The van der Waals surface area contributed by atoms with Crippen LogP contribution in [0.3, 0.4) is 0 Å². The summed E-state index contributed by atoms with van der Waals surface area (Å²) in [7, 11) is -4.21. The first kappa shape index (κ1) is 45.4. The zero-order valence-electron chi connectivity index (χ0n) is 33.8. The maximum absolute atomic E-state index is 14.9. The van der Waals surface area contributed by atoms with Gasteiger partial charge in [-0.3, -0.25) is 19.3 Å². The van der Waals surface area contributed by atoms with Crippen LogP contribution in [0.1, 0.15) is 65.3 Å². The molecule has 326 valence electrons. The molecule has 5 aromatic rings. The van der Waals surface area contributed by atoms with E-state index in [-0.39, 0.29) is 27.6 Å². The highest BCUT2D eigenvalue weighted by atomic mass is 32.2. The molecule has 18 heteroatoms. The van der Waals surface area contributed by atoms with Crippen molar-refractivity contribution in [1.82, 2.24) is 20.0 Å². The maximum Gasteiger partial charge on any atom is 0.417 e. The van der Waals surface area contributed by atoms with Gasteiger partial charge in [0.05, 0.1) is 44.5 Å². The van der Waals surface area contributed by atoms with Gasteiger partial charge in [0.2, 0.25) is 0 Å². The van der Waals surface area contributed by atoms with Crippen LogP contribution in [0.5, 0.6) is 0 Å². The summed E-state index contributed by atoms with van der Waals surface area (Å²) in [6.07, 6.45) is -0.852. The molecule has 0 unspecified atom stereocenters. The lowest BCUT2D eigenvalue weighted by molar-refractivity contribution is -0.137. The van der Waals surface area contributed by atoms with Crippen LogP contribution in [0.15, 0.2) is 94.6 Å². The van der Waals surface area contributed by atoms with Gasteiger partial charge in [0, 0.05) is 55.9 Å². The molecule has 0 aliphatic carbocycles. The number of hydrogen-bond donors (Lipinski definition) is 4. The zero-order valence-corrected chi connectivity index (χ0v) is 34.6. The Bertz CT molecular complexity index is 2640. The van der Waals surface area contributed by atoms with E-state index < -0.39 is 50.2 Å². The lowest BCUT2D eigenvalue weighted by atomic mass is 10.0. The number of anilines is 2. The molecule has 2 heterocycles. The maximum atomic E-state index is 14.9. The highest BCUT2D eigenvalue weighted by Gasteiger charge is 2.38. The zero-order chi connectivity index (χ0) is 44.7. The molecule has 0 spiro atoms. The Morgan fingerprint density at radius 2 is 1.58 bits per heavy atom. The number of benzene rings is 4. The molecule has 0 radical (unpaired) electrons. The number of nitriles is 1. The van der Waals surface area contributed by atoms with Crippen molar-refractivity contribution in [3.63, 3.8) is 0 Å². The number of alkyl halides is 3. The van der Waals surface area contributed by atoms with E-state index in [1.807, 2.05) is 12.1 Å². The molecular formula is C44H45F4N7O6S. The Hall–Kier alpha value is -6.16. The first-order valence-electron chi connectivity index (χ1n) is 19.9. The van der Waals surface area contributed by atoms with Crippen molar-refractivity contribution in [2.45, 2.75) is 55.7 Å². The fraction of sp³-hybridized carbons (Fsp3) is 0.341. The smallest absolute Gasteiger partial charge is 0.385 e. The lowest BCUT2D eigenvalue weighted by Crippen LogP contribution is -2.49. The van der Waals surface area contributed by atoms with Gasteiger partial charge in [0.1, 0.15) is 5.82 Å². The third kappa shape index (κ3) is 11.2. The fourth-order valence-corrected chi connectivity index (χ4v) is 8.84. The molecule has 1 atom stereocenters. The molecule has 1 saturated heterocycles. The molecule has 1 fully saturated rings. The van der Waals surface area contributed by atoms with Crippen LogP contribution in [0.4, 0.5) is 28.9 Å². The van der Waals surface area contributed by atoms with Crippen molar-refractivity contribution in [3.05, 3.63) is 129 Å². The van der Waals surface area contributed by atoms with Gasteiger partial charge in [-0.2, -0.15) is 23.5 Å². The van der Waals surface area contributed by atoms with E-state index in [0.717, 1.165) is 51.3 Å². The summed E-state index contributed by atoms with van der Waals surface area (Å²) >= 11 is 0. The quantitative estimate of drug-likeness (QED) is 0.0663. The number of carbonyl (C=O) groups excluding carboxylic acids is 2. The minimum absolute atomic E-state index is 0.00514. The number of H-pyrrole nitrogens is 1. The number of aromatic nitrogens is 2. The number of halogens is 4. The summed E-state index contributed by atoms with van der Waals surface area (Å²) in [5.74, 6) is -3.23. The first-order chi connectivity index (χ1) is 29.4. The third-order valence-corrected chi connectivity index (χ3v) is 12.6. The largest absolute Gasteiger partial charge is 0.417 e. The molecule has 0 saturated carbocycles. The lowest BCUT2D eigenvalue weighted by Gasteiger charge is -2.35. The fourth-order valence-electron chi connectivity index (χ4n) is 7.26. The van der Waals surface area contributed by atoms with E-state index in [1.54, 1.807) is 41.3 Å². The number of piperazine rings is 1. The second kappa shape index (κ2) is 19.3. The van der Waals surface area contributed by atoms with Gasteiger partial charge < -0.3 is 20.6 Å². The van der Waals surface area contributed by atoms with Crippen molar-refractivity contribution in [2.24, 2.45) is 0 Å². The van der Waals surface area contributed by atoms with Gasteiger partial charge in [-0.1, -0.05) is 37.1 Å². The van der Waals surface area contributed by atoms with E-state index in [4.69, 9.17) is 5.26 Å².